The molecular formula is C17H16BrNO2. The number of benzene rings is 2. The van der Waals surface area contributed by atoms with Crippen LogP contribution in [0, 0.1) is 6.92 Å². The molecule has 3 nitrogen and oxygen atoms in total. The monoisotopic (exact) mass is 345 g/mol. The van der Waals surface area contributed by atoms with Gasteiger partial charge in [-0.2, -0.15) is 0 Å². The van der Waals surface area contributed by atoms with Gasteiger partial charge in [0.1, 0.15) is 5.75 Å². The number of hydrogen-bond donors (Lipinski definition) is 1. The van der Waals surface area contributed by atoms with Gasteiger partial charge >= 0.3 is 0 Å². The third-order valence-corrected chi connectivity index (χ3v) is 3.56. The molecule has 0 aliphatic carbocycles. The second-order valence-corrected chi connectivity index (χ2v) is 5.44. The molecule has 108 valence electrons. The zero-order chi connectivity index (χ0) is 15.2. The second-order valence-electron chi connectivity index (χ2n) is 4.58. The fourth-order valence-electron chi connectivity index (χ4n) is 1.81. The van der Waals surface area contributed by atoms with Crippen LogP contribution in [0.5, 0.6) is 5.75 Å². The van der Waals surface area contributed by atoms with Gasteiger partial charge in [-0.15, -0.1) is 0 Å². The molecule has 0 unspecified atom stereocenters. The van der Waals surface area contributed by atoms with Gasteiger partial charge < -0.3 is 10.1 Å². The van der Waals surface area contributed by atoms with E-state index < -0.39 is 0 Å². The number of rotatable bonds is 4. The Morgan fingerprint density at radius 3 is 2.76 bits per heavy atom. The van der Waals surface area contributed by atoms with Crippen molar-refractivity contribution in [2.45, 2.75) is 6.92 Å². The lowest BCUT2D eigenvalue weighted by molar-refractivity contribution is -0.111. The van der Waals surface area contributed by atoms with Crippen molar-refractivity contribution < 1.29 is 9.53 Å². The lowest BCUT2D eigenvalue weighted by Crippen LogP contribution is -2.08. The minimum absolute atomic E-state index is 0.178. The van der Waals surface area contributed by atoms with Crippen LogP contribution in [-0.2, 0) is 4.79 Å². The highest BCUT2D eigenvalue weighted by Crippen LogP contribution is 2.23. The summed E-state index contributed by atoms with van der Waals surface area (Å²) in [5.74, 6) is 0.584. The molecule has 2 aromatic carbocycles. The first-order chi connectivity index (χ1) is 10.1. The van der Waals surface area contributed by atoms with Crippen LogP contribution in [-0.4, -0.2) is 13.0 Å². The minimum Gasteiger partial charge on any atom is -0.497 e. The van der Waals surface area contributed by atoms with Gasteiger partial charge in [-0.1, -0.05) is 18.2 Å². The van der Waals surface area contributed by atoms with Gasteiger partial charge in [-0.25, -0.2) is 0 Å². The Kier molecular flexibility index (Phi) is 5.17. The van der Waals surface area contributed by atoms with Crippen molar-refractivity contribution in [3.63, 3.8) is 0 Å². The number of hydrogen-bond acceptors (Lipinski definition) is 2. The lowest BCUT2D eigenvalue weighted by Gasteiger charge is -2.06. The van der Waals surface area contributed by atoms with E-state index in [1.54, 1.807) is 13.2 Å². The maximum Gasteiger partial charge on any atom is 0.248 e. The van der Waals surface area contributed by atoms with E-state index in [1.165, 1.54) is 6.08 Å². The Bertz CT molecular complexity index is 680. The van der Waals surface area contributed by atoms with Crippen LogP contribution in [0.1, 0.15) is 11.1 Å². The zero-order valence-electron chi connectivity index (χ0n) is 11.9. The summed E-state index contributed by atoms with van der Waals surface area (Å²) in [6.07, 6.45) is 3.25. The summed E-state index contributed by atoms with van der Waals surface area (Å²) in [4.78, 5) is 11.9. The van der Waals surface area contributed by atoms with Gasteiger partial charge in [0.25, 0.3) is 0 Å². The van der Waals surface area contributed by atoms with Crippen LogP contribution >= 0.6 is 15.9 Å². The molecule has 2 aromatic rings. The molecule has 0 saturated carbocycles. The summed E-state index contributed by atoms with van der Waals surface area (Å²) < 4.78 is 6.01. The van der Waals surface area contributed by atoms with Crippen LogP contribution < -0.4 is 10.1 Å². The highest BCUT2D eigenvalue weighted by atomic mass is 79.9. The largest absolute Gasteiger partial charge is 0.497 e. The van der Waals surface area contributed by atoms with E-state index in [4.69, 9.17) is 4.74 Å². The van der Waals surface area contributed by atoms with Crippen molar-refractivity contribution in [2.75, 3.05) is 12.4 Å². The predicted octanol–water partition coefficient (Wildman–Crippen LogP) is 4.42. The van der Waals surface area contributed by atoms with Crippen molar-refractivity contribution in [2.24, 2.45) is 0 Å². The molecule has 0 saturated heterocycles. The molecule has 21 heavy (non-hydrogen) atoms. The number of anilines is 1. The molecule has 2 rings (SSSR count). The summed E-state index contributed by atoms with van der Waals surface area (Å²) >= 11 is 3.44. The number of carbonyl (C=O) groups is 1. The molecule has 0 fully saturated rings. The van der Waals surface area contributed by atoms with Crippen molar-refractivity contribution >= 4 is 33.6 Å². The Morgan fingerprint density at radius 1 is 1.24 bits per heavy atom. The van der Waals surface area contributed by atoms with Crippen LogP contribution in [0.2, 0.25) is 0 Å². The van der Waals surface area contributed by atoms with Gasteiger partial charge in [-0.05, 0) is 64.3 Å². The smallest absolute Gasteiger partial charge is 0.248 e. The summed E-state index contributed by atoms with van der Waals surface area (Å²) in [5.41, 5.74) is 2.79. The number of amides is 1. The maximum atomic E-state index is 11.9. The minimum atomic E-state index is -0.178. The number of aryl methyl sites for hydroxylation is 1. The van der Waals surface area contributed by atoms with Crippen LogP contribution in [0.3, 0.4) is 0 Å². The molecule has 1 N–H and O–H groups in total. The van der Waals surface area contributed by atoms with E-state index >= 15 is 0 Å². The Hall–Kier alpha value is -2.07. The van der Waals surface area contributed by atoms with E-state index in [0.29, 0.717) is 0 Å². The first-order valence-corrected chi connectivity index (χ1v) is 7.27. The standard InChI is InChI=1S/C17H16BrNO2/c1-12-6-8-16(15(18)10-12)19-17(20)9-7-13-4-3-5-14(11-13)21-2/h3-11H,1-2H3,(H,19,20)/b9-7+. The number of ether oxygens (including phenoxy) is 1. The molecule has 0 aromatic heterocycles. The summed E-state index contributed by atoms with van der Waals surface area (Å²) in [6, 6.07) is 13.3. The summed E-state index contributed by atoms with van der Waals surface area (Å²) in [5, 5.41) is 2.83. The normalized spacial score (nSPS) is 10.6. The van der Waals surface area contributed by atoms with Crippen molar-refractivity contribution in [1.29, 1.82) is 0 Å². The molecule has 4 heteroatoms. The second kappa shape index (κ2) is 7.09. The lowest BCUT2D eigenvalue weighted by atomic mass is 10.2. The first kappa shape index (κ1) is 15.3. The van der Waals surface area contributed by atoms with Gasteiger partial charge in [0.05, 0.1) is 12.8 Å². The molecule has 0 radical (unpaired) electrons. The number of methoxy groups -OCH3 is 1. The van der Waals surface area contributed by atoms with E-state index in [0.717, 1.165) is 27.0 Å². The average molecular weight is 346 g/mol. The molecular weight excluding hydrogens is 330 g/mol. The van der Waals surface area contributed by atoms with E-state index in [-0.39, 0.29) is 5.91 Å². The number of carbonyl (C=O) groups excluding carboxylic acids is 1. The van der Waals surface area contributed by atoms with Gasteiger partial charge in [-0.3, -0.25) is 4.79 Å². The molecule has 0 atom stereocenters. The third-order valence-electron chi connectivity index (χ3n) is 2.90. The highest BCUT2D eigenvalue weighted by Gasteiger charge is 2.02. The highest BCUT2D eigenvalue weighted by molar-refractivity contribution is 9.10. The van der Waals surface area contributed by atoms with Crippen molar-refractivity contribution in [3.05, 3.63) is 64.1 Å². The zero-order valence-corrected chi connectivity index (χ0v) is 13.5. The Balaban J connectivity index is 2.05. The van der Waals surface area contributed by atoms with Crippen LogP contribution in [0.15, 0.2) is 53.0 Å². The fraction of sp³-hybridized carbons (Fsp3) is 0.118. The number of nitrogens with one attached hydrogen (secondary N) is 1. The van der Waals surface area contributed by atoms with E-state index in [2.05, 4.69) is 21.2 Å². The average Bonchev–Trinajstić information content (AvgIpc) is 2.48. The van der Waals surface area contributed by atoms with Gasteiger partial charge in [0.15, 0.2) is 0 Å². The predicted molar refractivity (Wildman–Crippen MR) is 89.5 cm³/mol. The first-order valence-electron chi connectivity index (χ1n) is 6.48. The Labute approximate surface area is 132 Å². The molecule has 0 aliphatic heterocycles. The summed E-state index contributed by atoms with van der Waals surface area (Å²) in [7, 11) is 1.62. The van der Waals surface area contributed by atoms with E-state index in [9.17, 15) is 4.79 Å². The topological polar surface area (TPSA) is 38.3 Å². The van der Waals surface area contributed by atoms with Crippen molar-refractivity contribution in [1.82, 2.24) is 0 Å². The quantitative estimate of drug-likeness (QED) is 0.833. The molecule has 0 aliphatic rings. The van der Waals surface area contributed by atoms with Gasteiger partial charge in [0, 0.05) is 10.5 Å². The van der Waals surface area contributed by atoms with Crippen molar-refractivity contribution in [3.8, 4) is 5.75 Å². The molecule has 1 amide bonds. The third kappa shape index (κ3) is 4.46. The molecule has 0 bridgehead atoms. The van der Waals surface area contributed by atoms with E-state index in [1.807, 2.05) is 49.4 Å². The SMILES string of the molecule is COc1cccc(/C=C/C(=O)Nc2ccc(C)cc2Br)c1. The number of halogens is 1. The Morgan fingerprint density at radius 2 is 2.05 bits per heavy atom. The van der Waals surface area contributed by atoms with Crippen LogP contribution in [0.25, 0.3) is 6.08 Å². The molecule has 0 spiro atoms. The molecule has 0 heterocycles. The van der Waals surface area contributed by atoms with Crippen LogP contribution in [0.4, 0.5) is 5.69 Å². The van der Waals surface area contributed by atoms with Gasteiger partial charge in [0.2, 0.25) is 5.91 Å². The fourth-order valence-corrected chi connectivity index (χ4v) is 2.41. The summed E-state index contributed by atoms with van der Waals surface area (Å²) in [6.45, 7) is 2.00. The maximum absolute atomic E-state index is 11.9.